The predicted molar refractivity (Wildman–Crippen MR) is 112 cm³/mol. The highest BCUT2D eigenvalue weighted by atomic mass is 35.5. The van der Waals surface area contributed by atoms with Gasteiger partial charge in [0.05, 0.1) is 20.5 Å². The van der Waals surface area contributed by atoms with Crippen molar-refractivity contribution < 1.29 is 14.5 Å². The molecule has 3 rings (SSSR count). The SMILES string of the molecule is CC(=O)Nc1ccc(NC(=O)c2ccc(Sc3nncn3C)c([N+](=O)[O-])c2)c(Cl)c1. The summed E-state index contributed by atoms with van der Waals surface area (Å²) in [5, 5.41) is 25.0. The molecule has 10 nitrogen and oxygen atoms in total. The average Bonchev–Trinajstić information content (AvgIpc) is 3.08. The Balaban J connectivity index is 1.82. The third-order valence-corrected chi connectivity index (χ3v) is 5.26. The number of rotatable bonds is 6. The van der Waals surface area contributed by atoms with Crippen molar-refractivity contribution in [2.75, 3.05) is 10.6 Å². The van der Waals surface area contributed by atoms with E-state index in [2.05, 4.69) is 20.8 Å². The van der Waals surface area contributed by atoms with Crippen LogP contribution in [0, 0.1) is 10.1 Å². The second-order valence-electron chi connectivity index (χ2n) is 6.10. The number of benzene rings is 2. The summed E-state index contributed by atoms with van der Waals surface area (Å²) in [6.07, 6.45) is 1.48. The molecule has 30 heavy (non-hydrogen) atoms. The van der Waals surface area contributed by atoms with Crippen molar-refractivity contribution in [3.63, 3.8) is 0 Å². The number of halogens is 1. The standard InChI is InChI=1S/C18H15ClN6O4S/c1-10(26)21-12-4-5-14(13(19)8-12)22-17(27)11-3-6-16(15(7-11)25(28)29)30-18-23-20-9-24(18)2/h3-9H,1-2H3,(H,21,26)(H,22,27). The molecule has 0 aliphatic heterocycles. The van der Waals surface area contributed by atoms with E-state index >= 15 is 0 Å². The lowest BCUT2D eigenvalue weighted by Crippen LogP contribution is -2.13. The van der Waals surface area contributed by atoms with Gasteiger partial charge in [-0.25, -0.2) is 0 Å². The maximum atomic E-state index is 12.6. The molecule has 1 aromatic heterocycles. The fraction of sp³-hybridized carbons (Fsp3) is 0.111. The number of nitrogens with zero attached hydrogens (tertiary/aromatic N) is 4. The summed E-state index contributed by atoms with van der Waals surface area (Å²) in [5.74, 6) is -0.822. The van der Waals surface area contributed by atoms with E-state index in [-0.39, 0.29) is 22.2 Å². The summed E-state index contributed by atoms with van der Waals surface area (Å²) in [6, 6.07) is 8.73. The predicted octanol–water partition coefficient (Wildman–Crippen LogP) is 3.74. The Kier molecular flexibility index (Phi) is 6.33. The number of hydrogen-bond donors (Lipinski definition) is 2. The number of carbonyl (C=O) groups excluding carboxylic acids is 2. The molecular weight excluding hydrogens is 432 g/mol. The largest absolute Gasteiger partial charge is 0.326 e. The lowest BCUT2D eigenvalue weighted by Gasteiger charge is -2.10. The summed E-state index contributed by atoms with van der Waals surface area (Å²) < 4.78 is 1.63. The van der Waals surface area contributed by atoms with Gasteiger partial charge < -0.3 is 15.2 Å². The monoisotopic (exact) mass is 446 g/mol. The van der Waals surface area contributed by atoms with Crippen LogP contribution in [0.4, 0.5) is 17.1 Å². The van der Waals surface area contributed by atoms with E-state index in [1.54, 1.807) is 17.7 Å². The number of anilines is 2. The number of nitro benzene ring substituents is 1. The minimum absolute atomic E-state index is 0.0889. The van der Waals surface area contributed by atoms with Crippen LogP contribution >= 0.6 is 23.4 Å². The summed E-state index contributed by atoms with van der Waals surface area (Å²) in [5.41, 5.74) is 0.635. The van der Waals surface area contributed by atoms with Gasteiger partial charge in [0.15, 0.2) is 5.16 Å². The lowest BCUT2D eigenvalue weighted by molar-refractivity contribution is -0.387. The first-order chi connectivity index (χ1) is 14.2. The molecule has 3 aromatic rings. The van der Waals surface area contributed by atoms with E-state index in [1.807, 2.05) is 0 Å². The smallest absolute Gasteiger partial charge is 0.284 e. The van der Waals surface area contributed by atoms with E-state index in [9.17, 15) is 19.7 Å². The molecule has 2 aromatic carbocycles. The molecule has 2 N–H and O–H groups in total. The zero-order valence-corrected chi connectivity index (χ0v) is 17.3. The Hall–Kier alpha value is -3.44. The van der Waals surface area contributed by atoms with Gasteiger partial charge in [0.2, 0.25) is 5.91 Å². The van der Waals surface area contributed by atoms with E-state index in [0.29, 0.717) is 21.4 Å². The van der Waals surface area contributed by atoms with Crippen LogP contribution in [0.2, 0.25) is 5.02 Å². The minimum atomic E-state index is -0.567. The molecule has 0 saturated carbocycles. The number of aryl methyl sites for hydroxylation is 1. The summed E-state index contributed by atoms with van der Waals surface area (Å²) in [6.45, 7) is 1.36. The molecule has 1 heterocycles. The van der Waals surface area contributed by atoms with Gasteiger partial charge in [-0.1, -0.05) is 11.6 Å². The summed E-state index contributed by atoms with van der Waals surface area (Å²) >= 11 is 7.22. The topological polar surface area (TPSA) is 132 Å². The van der Waals surface area contributed by atoms with Gasteiger partial charge in [-0.3, -0.25) is 19.7 Å². The molecule has 0 unspecified atom stereocenters. The molecule has 0 fully saturated rings. The van der Waals surface area contributed by atoms with Crippen LogP contribution in [0.15, 0.2) is 52.8 Å². The highest BCUT2D eigenvalue weighted by Gasteiger charge is 2.20. The first kappa shape index (κ1) is 21.3. The first-order valence-corrected chi connectivity index (χ1v) is 9.63. The van der Waals surface area contributed by atoms with Crippen LogP contribution < -0.4 is 10.6 Å². The number of aromatic nitrogens is 3. The second-order valence-corrected chi connectivity index (χ2v) is 7.51. The van der Waals surface area contributed by atoms with Crippen LogP contribution in [0.25, 0.3) is 0 Å². The number of amides is 2. The Morgan fingerprint density at radius 1 is 1.20 bits per heavy atom. The van der Waals surface area contributed by atoms with Crippen LogP contribution in [-0.4, -0.2) is 31.5 Å². The molecule has 0 aliphatic rings. The molecule has 0 saturated heterocycles. The molecule has 2 amide bonds. The Labute approximate surface area is 179 Å². The Morgan fingerprint density at radius 3 is 2.57 bits per heavy atom. The lowest BCUT2D eigenvalue weighted by atomic mass is 10.2. The molecular formula is C18H15ClN6O4S. The van der Waals surface area contributed by atoms with Crippen molar-refractivity contribution in [1.29, 1.82) is 0 Å². The van der Waals surface area contributed by atoms with Crippen LogP contribution in [0.1, 0.15) is 17.3 Å². The van der Waals surface area contributed by atoms with Crippen LogP contribution in [0.3, 0.4) is 0 Å². The van der Waals surface area contributed by atoms with Gasteiger partial charge in [0.1, 0.15) is 6.33 Å². The number of carbonyl (C=O) groups is 2. The molecule has 0 radical (unpaired) electrons. The minimum Gasteiger partial charge on any atom is -0.326 e. The highest BCUT2D eigenvalue weighted by molar-refractivity contribution is 7.99. The second kappa shape index (κ2) is 8.93. The summed E-state index contributed by atoms with van der Waals surface area (Å²) in [4.78, 5) is 35.0. The van der Waals surface area contributed by atoms with Gasteiger partial charge in [0.25, 0.3) is 11.6 Å². The number of nitrogens with one attached hydrogen (secondary N) is 2. The zero-order chi connectivity index (χ0) is 21.8. The van der Waals surface area contributed by atoms with Crippen molar-refractivity contribution in [3.8, 4) is 0 Å². The Morgan fingerprint density at radius 2 is 1.97 bits per heavy atom. The molecule has 0 aliphatic carbocycles. The number of hydrogen-bond acceptors (Lipinski definition) is 7. The number of nitro groups is 1. The van der Waals surface area contributed by atoms with E-state index in [4.69, 9.17) is 11.6 Å². The van der Waals surface area contributed by atoms with Crippen molar-refractivity contribution in [1.82, 2.24) is 14.8 Å². The third kappa shape index (κ3) is 4.93. The van der Waals surface area contributed by atoms with E-state index in [1.165, 1.54) is 43.6 Å². The fourth-order valence-electron chi connectivity index (χ4n) is 2.44. The molecule has 154 valence electrons. The van der Waals surface area contributed by atoms with Gasteiger partial charge >= 0.3 is 0 Å². The molecule has 0 bridgehead atoms. The molecule has 0 spiro atoms. The fourth-order valence-corrected chi connectivity index (χ4v) is 3.52. The van der Waals surface area contributed by atoms with Crippen molar-refractivity contribution in [3.05, 3.63) is 63.4 Å². The van der Waals surface area contributed by atoms with Crippen molar-refractivity contribution in [2.45, 2.75) is 17.0 Å². The molecule has 12 heteroatoms. The van der Waals surface area contributed by atoms with Gasteiger partial charge in [-0.05, 0) is 42.1 Å². The van der Waals surface area contributed by atoms with Crippen molar-refractivity contribution >= 4 is 52.2 Å². The quantitative estimate of drug-likeness (QED) is 0.435. The first-order valence-electron chi connectivity index (χ1n) is 8.43. The zero-order valence-electron chi connectivity index (χ0n) is 15.7. The van der Waals surface area contributed by atoms with Crippen LogP contribution in [0.5, 0.6) is 0 Å². The summed E-state index contributed by atoms with van der Waals surface area (Å²) in [7, 11) is 1.72. The normalized spacial score (nSPS) is 10.5. The van der Waals surface area contributed by atoms with Gasteiger partial charge in [-0.15, -0.1) is 10.2 Å². The maximum absolute atomic E-state index is 12.6. The third-order valence-electron chi connectivity index (χ3n) is 3.83. The Bertz CT molecular complexity index is 1150. The van der Waals surface area contributed by atoms with E-state index < -0.39 is 10.8 Å². The highest BCUT2D eigenvalue weighted by Crippen LogP contribution is 2.34. The molecule has 0 atom stereocenters. The van der Waals surface area contributed by atoms with Gasteiger partial charge in [0, 0.05) is 31.3 Å². The average molecular weight is 447 g/mol. The van der Waals surface area contributed by atoms with Gasteiger partial charge in [-0.2, -0.15) is 0 Å². The van der Waals surface area contributed by atoms with E-state index in [0.717, 1.165) is 11.8 Å². The maximum Gasteiger partial charge on any atom is 0.284 e. The van der Waals surface area contributed by atoms with Crippen LogP contribution in [-0.2, 0) is 11.8 Å². The van der Waals surface area contributed by atoms with Crippen molar-refractivity contribution in [2.24, 2.45) is 7.05 Å².